The molecule has 2 aromatic heterocycles. The number of hydrogen-bond acceptors (Lipinski definition) is 5. The van der Waals surface area contributed by atoms with Gasteiger partial charge in [-0.3, -0.25) is 0 Å². The molecule has 0 bridgehead atoms. The van der Waals surface area contributed by atoms with Crippen LogP contribution in [0.2, 0.25) is 0 Å². The molecule has 0 atom stereocenters. The van der Waals surface area contributed by atoms with Crippen LogP contribution in [0, 0.1) is 13.8 Å². The first kappa shape index (κ1) is 18.6. The summed E-state index contributed by atoms with van der Waals surface area (Å²) in [6, 6.07) is 14.2. The number of rotatable bonds is 5. The van der Waals surface area contributed by atoms with Crippen molar-refractivity contribution in [2.45, 2.75) is 39.2 Å². The summed E-state index contributed by atoms with van der Waals surface area (Å²) in [5, 5.41) is 4.07. The number of fused-ring (bicyclic) bond motifs is 1. The van der Waals surface area contributed by atoms with E-state index in [4.69, 9.17) is 14.2 Å². The zero-order valence-corrected chi connectivity index (χ0v) is 17.3. The molecule has 1 fully saturated rings. The molecule has 0 unspecified atom stereocenters. The van der Waals surface area contributed by atoms with Crippen molar-refractivity contribution >= 4 is 17.0 Å². The first-order valence-corrected chi connectivity index (χ1v) is 10.2. The smallest absolute Gasteiger partial charge is 0.340 e. The molecule has 1 aliphatic rings. The molecule has 6 heteroatoms. The van der Waals surface area contributed by atoms with Crippen LogP contribution in [0.15, 0.2) is 47.0 Å². The molecule has 30 heavy (non-hydrogen) atoms. The molecule has 6 nitrogen and oxygen atoms in total. The Morgan fingerprint density at radius 3 is 2.60 bits per heavy atom. The van der Waals surface area contributed by atoms with E-state index in [1.54, 1.807) is 0 Å². The van der Waals surface area contributed by atoms with E-state index in [1.807, 2.05) is 44.2 Å². The predicted octanol–water partition coefficient (Wildman–Crippen LogP) is 5.02. The van der Waals surface area contributed by atoms with E-state index in [0.717, 1.165) is 46.5 Å². The summed E-state index contributed by atoms with van der Waals surface area (Å²) in [4.78, 5) is 17.8. The summed E-state index contributed by atoms with van der Waals surface area (Å²) < 4.78 is 12.7. The minimum absolute atomic E-state index is 0.370. The molecule has 2 heterocycles. The second-order valence-corrected chi connectivity index (χ2v) is 7.90. The topological polar surface area (TPSA) is 70.2 Å². The molecule has 5 rings (SSSR count). The molecule has 0 aliphatic heterocycles. The minimum atomic E-state index is -0.370. The van der Waals surface area contributed by atoms with Gasteiger partial charge in [-0.15, -0.1) is 0 Å². The molecular formula is C24H23N3O3. The Bertz CT molecular complexity index is 1230. The van der Waals surface area contributed by atoms with Crippen LogP contribution in [0.3, 0.4) is 0 Å². The third-order valence-electron chi connectivity index (χ3n) is 5.72. The number of aryl methyl sites for hydroxylation is 2. The number of carbonyl (C=O) groups excluding carboxylic acids is 1. The Morgan fingerprint density at radius 1 is 1.20 bits per heavy atom. The zero-order valence-electron chi connectivity index (χ0n) is 17.3. The van der Waals surface area contributed by atoms with Crippen molar-refractivity contribution in [2.24, 2.45) is 0 Å². The molecule has 0 radical (unpaired) electrons. The molecule has 0 amide bonds. The average molecular weight is 401 g/mol. The van der Waals surface area contributed by atoms with E-state index >= 15 is 0 Å². The maximum atomic E-state index is 12.8. The lowest BCUT2D eigenvalue weighted by molar-refractivity contribution is 0.0602. The third-order valence-corrected chi connectivity index (χ3v) is 5.72. The van der Waals surface area contributed by atoms with Gasteiger partial charge in [-0.2, -0.15) is 0 Å². The number of methoxy groups -OCH3 is 1. The van der Waals surface area contributed by atoms with Gasteiger partial charge in [0.05, 0.1) is 29.4 Å². The first-order chi connectivity index (χ1) is 14.6. The second kappa shape index (κ2) is 7.13. The van der Waals surface area contributed by atoms with E-state index in [-0.39, 0.29) is 5.97 Å². The van der Waals surface area contributed by atoms with Crippen molar-refractivity contribution < 1.29 is 14.1 Å². The van der Waals surface area contributed by atoms with Crippen LogP contribution >= 0.6 is 0 Å². The van der Waals surface area contributed by atoms with Crippen LogP contribution in [-0.4, -0.2) is 27.8 Å². The molecule has 0 N–H and O–H groups in total. The number of ether oxygens (including phenoxy) is 1. The number of aromatic nitrogens is 3. The Kier molecular flexibility index (Phi) is 4.42. The van der Waals surface area contributed by atoms with E-state index in [9.17, 15) is 4.79 Å². The molecule has 0 saturated heterocycles. The fourth-order valence-electron chi connectivity index (χ4n) is 4.17. The van der Waals surface area contributed by atoms with E-state index in [2.05, 4.69) is 21.9 Å². The van der Waals surface area contributed by atoms with Gasteiger partial charge in [-0.1, -0.05) is 35.5 Å². The number of benzene rings is 2. The van der Waals surface area contributed by atoms with Gasteiger partial charge in [0.15, 0.2) is 0 Å². The highest BCUT2D eigenvalue weighted by molar-refractivity contribution is 6.04. The van der Waals surface area contributed by atoms with Crippen LogP contribution in [0.4, 0.5) is 0 Å². The van der Waals surface area contributed by atoms with Crippen molar-refractivity contribution in [1.82, 2.24) is 14.7 Å². The normalized spacial score (nSPS) is 13.7. The standard InChI is InChI=1S/C24H23N3O3/c1-14-21(15(2)30-26-14)18-11-19(24(28)29-3)22-20(12-18)25-23(17-9-10-17)27(22)13-16-7-5-4-6-8-16/h4-8,11-12,17H,9-10,13H2,1-3H3. The van der Waals surface area contributed by atoms with Crippen molar-refractivity contribution in [2.75, 3.05) is 7.11 Å². The Morgan fingerprint density at radius 2 is 1.97 bits per heavy atom. The van der Waals surface area contributed by atoms with Gasteiger partial charge in [-0.05, 0) is 49.9 Å². The van der Waals surface area contributed by atoms with Crippen LogP contribution in [0.5, 0.6) is 0 Å². The van der Waals surface area contributed by atoms with E-state index < -0.39 is 0 Å². The Balaban J connectivity index is 1.77. The summed E-state index contributed by atoms with van der Waals surface area (Å²) >= 11 is 0. The van der Waals surface area contributed by atoms with Crippen molar-refractivity contribution in [3.63, 3.8) is 0 Å². The number of nitrogens with zero attached hydrogens (tertiary/aromatic N) is 3. The number of carbonyl (C=O) groups is 1. The first-order valence-electron chi connectivity index (χ1n) is 10.2. The Hall–Kier alpha value is -3.41. The lowest BCUT2D eigenvalue weighted by Gasteiger charge is -2.12. The summed E-state index contributed by atoms with van der Waals surface area (Å²) in [7, 11) is 1.41. The largest absolute Gasteiger partial charge is 0.465 e. The van der Waals surface area contributed by atoms with E-state index in [0.29, 0.717) is 23.8 Å². The fraction of sp³-hybridized carbons (Fsp3) is 0.292. The zero-order chi connectivity index (χ0) is 20.8. The summed E-state index contributed by atoms with van der Waals surface area (Å²) in [6.07, 6.45) is 2.25. The quantitative estimate of drug-likeness (QED) is 0.439. The minimum Gasteiger partial charge on any atom is -0.465 e. The van der Waals surface area contributed by atoms with Crippen molar-refractivity contribution in [1.29, 1.82) is 0 Å². The van der Waals surface area contributed by atoms with Gasteiger partial charge in [0.25, 0.3) is 0 Å². The number of esters is 1. The van der Waals surface area contributed by atoms with E-state index in [1.165, 1.54) is 12.7 Å². The van der Waals surface area contributed by atoms with Gasteiger partial charge in [0, 0.05) is 18.0 Å². The molecule has 4 aromatic rings. The summed E-state index contributed by atoms with van der Waals surface area (Å²) in [5.41, 5.74) is 5.85. The maximum absolute atomic E-state index is 12.8. The SMILES string of the molecule is COC(=O)c1cc(-c2c(C)noc2C)cc2nc(C3CC3)n(Cc3ccccc3)c12. The highest BCUT2D eigenvalue weighted by Crippen LogP contribution is 2.42. The van der Waals surface area contributed by atoms with Crippen LogP contribution in [0.1, 0.15) is 52.0 Å². The molecule has 152 valence electrons. The molecule has 1 aliphatic carbocycles. The molecule has 0 spiro atoms. The van der Waals surface area contributed by atoms with Gasteiger partial charge in [0.2, 0.25) is 0 Å². The predicted molar refractivity (Wildman–Crippen MR) is 114 cm³/mol. The van der Waals surface area contributed by atoms with Gasteiger partial charge in [-0.25, -0.2) is 9.78 Å². The van der Waals surface area contributed by atoms with Crippen LogP contribution in [0.25, 0.3) is 22.2 Å². The van der Waals surface area contributed by atoms with Crippen molar-refractivity contribution in [3.8, 4) is 11.1 Å². The summed E-state index contributed by atoms with van der Waals surface area (Å²) in [6.45, 7) is 4.44. The highest BCUT2D eigenvalue weighted by Gasteiger charge is 2.31. The lowest BCUT2D eigenvalue weighted by atomic mass is 10.00. The average Bonchev–Trinajstić information content (AvgIpc) is 3.46. The number of hydrogen-bond donors (Lipinski definition) is 0. The Labute approximate surface area is 174 Å². The number of imidazole rings is 1. The third kappa shape index (κ3) is 3.09. The maximum Gasteiger partial charge on any atom is 0.340 e. The lowest BCUT2D eigenvalue weighted by Crippen LogP contribution is -2.09. The van der Waals surface area contributed by atoms with Crippen molar-refractivity contribution in [3.05, 3.63) is 70.9 Å². The fourth-order valence-corrected chi connectivity index (χ4v) is 4.17. The molecule has 2 aromatic carbocycles. The van der Waals surface area contributed by atoms with Gasteiger partial charge < -0.3 is 13.8 Å². The van der Waals surface area contributed by atoms with Gasteiger partial charge >= 0.3 is 5.97 Å². The monoisotopic (exact) mass is 401 g/mol. The highest BCUT2D eigenvalue weighted by atomic mass is 16.5. The van der Waals surface area contributed by atoms with Crippen LogP contribution in [-0.2, 0) is 11.3 Å². The van der Waals surface area contributed by atoms with Crippen LogP contribution < -0.4 is 0 Å². The summed E-state index contributed by atoms with van der Waals surface area (Å²) in [5.74, 6) is 1.82. The van der Waals surface area contributed by atoms with Gasteiger partial charge in [0.1, 0.15) is 11.6 Å². The molecular weight excluding hydrogens is 378 g/mol. The molecule has 1 saturated carbocycles. The second-order valence-electron chi connectivity index (χ2n) is 7.90.